The van der Waals surface area contributed by atoms with Gasteiger partial charge in [0.25, 0.3) is 5.91 Å². The van der Waals surface area contributed by atoms with E-state index in [1.165, 1.54) is 5.56 Å². The van der Waals surface area contributed by atoms with Crippen molar-refractivity contribution >= 4 is 18.3 Å². The SMILES string of the molecule is CC1CC(CN)CN1C(=O)c1ccccc1CCc1ccccc1.Cl. The summed E-state index contributed by atoms with van der Waals surface area (Å²) in [4.78, 5) is 15.0. The molecule has 0 aromatic heterocycles. The van der Waals surface area contributed by atoms with E-state index in [0.29, 0.717) is 12.5 Å². The van der Waals surface area contributed by atoms with Gasteiger partial charge < -0.3 is 10.6 Å². The van der Waals surface area contributed by atoms with Gasteiger partial charge in [0.05, 0.1) is 0 Å². The van der Waals surface area contributed by atoms with Crippen molar-refractivity contribution in [2.45, 2.75) is 32.2 Å². The molecule has 1 amide bonds. The Bertz CT molecular complexity index is 689. The third kappa shape index (κ3) is 4.62. The molecule has 2 atom stereocenters. The third-order valence-electron chi connectivity index (χ3n) is 5.03. The summed E-state index contributed by atoms with van der Waals surface area (Å²) in [6, 6.07) is 18.7. The largest absolute Gasteiger partial charge is 0.336 e. The number of amides is 1. The highest BCUT2D eigenvalue weighted by Crippen LogP contribution is 2.25. The van der Waals surface area contributed by atoms with Crippen LogP contribution in [0.3, 0.4) is 0 Å². The molecule has 2 N–H and O–H groups in total. The monoisotopic (exact) mass is 358 g/mol. The van der Waals surface area contributed by atoms with Gasteiger partial charge >= 0.3 is 0 Å². The molecule has 1 saturated heterocycles. The zero-order valence-corrected chi connectivity index (χ0v) is 15.5. The first-order valence-corrected chi connectivity index (χ1v) is 8.82. The molecular formula is C21H27ClN2O. The molecule has 2 aromatic carbocycles. The lowest BCUT2D eigenvalue weighted by Gasteiger charge is -2.23. The predicted molar refractivity (Wildman–Crippen MR) is 105 cm³/mol. The Kier molecular flexibility index (Phi) is 7.03. The van der Waals surface area contributed by atoms with Crippen molar-refractivity contribution in [3.8, 4) is 0 Å². The van der Waals surface area contributed by atoms with Crippen LogP contribution in [0.25, 0.3) is 0 Å². The van der Waals surface area contributed by atoms with E-state index in [1.807, 2.05) is 29.2 Å². The Balaban J connectivity index is 0.00000225. The van der Waals surface area contributed by atoms with E-state index in [4.69, 9.17) is 5.73 Å². The summed E-state index contributed by atoms with van der Waals surface area (Å²) in [5, 5.41) is 0. The van der Waals surface area contributed by atoms with Gasteiger partial charge in [-0.25, -0.2) is 0 Å². The Hall–Kier alpha value is -1.84. The molecule has 3 rings (SSSR count). The third-order valence-corrected chi connectivity index (χ3v) is 5.03. The number of carbonyl (C=O) groups excluding carboxylic acids is 1. The number of carbonyl (C=O) groups is 1. The number of rotatable bonds is 5. The number of nitrogens with two attached hydrogens (primary N) is 1. The van der Waals surface area contributed by atoms with Gasteiger partial charge in [-0.1, -0.05) is 48.5 Å². The van der Waals surface area contributed by atoms with Crippen molar-refractivity contribution in [2.24, 2.45) is 11.7 Å². The van der Waals surface area contributed by atoms with E-state index in [-0.39, 0.29) is 24.4 Å². The Morgan fingerprint density at radius 3 is 2.44 bits per heavy atom. The Morgan fingerprint density at radius 1 is 1.08 bits per heavy atom. The molecule has 0 spiro atoms. The van der Waals surface area contributed by atoms with Gasteiger partial charge in [-0.2, -0.15) is 0 Å². The highest BCUT2D eigenvalue weighted by molar-refractivity contribution is 5.96. The van der Waals surface area contributed by atoms with Crippen LogP contribution in [0, 0.1) is 5.92 Å². The van der Waals surface area contributed by atoms with Crippen molar-refractivity contribution in [1.82, 2.24) is 4.90 Å². The molecule has 2 aromatic rings. The smallest absolute Gasteiger partial charge is 0.254 e. The van der Waals surface area contributed by atoms with Crippen molar-refractivity contribution in [2.75, 3.05) is 13.1 Å². The summed E-state index contributed by atoms with van der Waals surface area (Å²) < 4.78 is 0. The van der Waals surface area contributed by atoms with E-state index in [2.05, 4.69) is 37.3 Å². The molecule has 2 unspecified atom stereocenters. The summed E-state index contributed by atoms with van der Waals surface area (Å²) in [5.74, 6) is 0.586. The van der Waals surface area contributed by atoms with Gasteiger partial charge in [0.2, 0.25) is 0 Å². The Labute approximate surface area is 156 Å². The van der Waals surface area contributed by atoms with E-state index >= 15 is 0 Å². The molecule has 3 nitrogen and oxygen atoms in total. The fourth-order valence-corrected chi connectivity index (χ4v) is 3.62. The first-order chi connectivity index (χ1) is 11.7. The second-order valence-corrected chi connectivity index (χ2v) is 6.79. The van der Waals surface area contributed by atoms with Crippen LogP contribution < -0.4 is 5.73 Å². The Morgan fingerprint density at radius 2 is 1.76 bits per heavy atom. The number of aryl methyl sites for hydroxylation is 2. The predicted octanol–water partition coefficient (Wildman–Crippen LogP) is 3.70. The van der Waals surface area contributed by atoms with Crippen LogP contribution in [0.2, 0.25) is 0 Å². The van der Waals surface area contributed by atoms with E-state index in [0.717, 1.165) is 36.9 Å². The maximum absolute atomic E-state index is 13.0. The van der Waals surface area contributed by atoms with Crippen LogP contribution in [0.15, 0.2) is 54.6 Å². The second-order valence-electron chi connectivity index (χ2n) is 6.79. The lowest BCUT2D eigenvalue weighted by atomic mass is 9.99. The minimum Gasteiger partial charge on any atom is -0.336 e. The summed E-state index contributed by atoms with van der Waals surface area (Å²) in [7, 11) is 0. The maximum Gasteiger partial charge on any atom is 0.254 e. The van der Waals surface area contributed by atoms with Crippen LogP contribution in [-0.4, -0.2) is 29.9 Å². The average Bonchev–Trinajstić information content (AvgIpc) is 3.01. The lowest BCUT2D eigenvalue weighted by molar-refractivity contribution is 0.0742. The fraction of sp³-hybridized carbons (Fsp3) is 0.381. The van der Waals surface area contributed by atoms with Crippen molar-refractivity contribution < 1.29 is 4.79 Å². The molecule has 0 radical (unpaired) electrons. The van der Waals surface area contributed by atoms with E-state index in [9.17, 15) is 4.79 Å². The molecule has 1 fully saturated rings. The van der Waals surface area contributed by atoms with Crippen molar-refractivity contribution in [1.29, 1.82) is 0 Å². The number of halogens is 1. The quantitative estimate of drug-likeness (QED) is 0.885. The van der Waals surface area contributed by atoms with Crippen molar-refractivity contribution in [3.63, 3.8) is 0 Å². The zero-order valence-electron chi connectivity index (χ0n) is 14.7. The molecule has 1 aliphatic rings. The molecule has 4 heteroatoms. The van der Waals surface area contributed by atoms with Gasteiger partial charge in [0.1, 0.15) is 0 Å². The number of benzene rings is 2. The molecule has 1 aliphatic heterocycles. The number of hydrogen-bond acceptors (Lipinski definition) is 2. The maximum atomic E-state index is 13.0. The number of likely N-dealkylation sites (tertiary alicyclic amines) is 1. The van der Waals surface area contributed by atoms with Crippen LogP contribution in [0.4, 0.5) is 0 Å². The second kappa shape index (κ2) is 9.02. The molecule has 1 heterocycles. The van der Waals surface area contributed by atoms with Gasteiger partial charge in [-0.3, -0.25) is 4.79 Å². The topological polar surface area (TPSA) is 46.3 Å². The van der Waals surface area contributed by atoms with Gasteiger partial charge in [0, 0.05) is 18.2 Å². The van der Waals surface area contributed by atoms with Crippen LogP contribution in [0.1, 0.15) is 34.8 Å². The standard InChI is InChI=1S/C21H26N2O.ClH/c1-16-13-18(14-22)15-23(16)21(24)20-10-6-5-9-19(20)12-11-17-7-3-2-4-8-17;/h2-10,16,18H,11-15,22H2,1H3;1H. The molecule has 25 heavy (non-hydrogen) atoms. The summed E-state index contributed by atoms with van der Waals surface area (Å²) in [5.41, 5.74) is 9.08. The van der Waals surface area contributed by atoms with E-state index in [1.54, 1.807) is 0 Å². The molecule has 134 valence electrons. The molecular weight excluding hydrogens is 332 g/mol. The number of nitrogens with zero attached hydrogens (tertiary/aromatic N) is 1. The summed E-state index contributed by atoms with van der Waals surface area (Å²) in [6.07, 6.45) is 2.84. The van der Waals surface area contributed by atoms with Gasteiger partial charge in [0.15, 0.2) is 0 Å². The highest BCUT2D eigenvalue weighted by atomic mass is 35.5. The lowest BCUT2D eigenvalue weighted by Crippen LogP contribution is -2.35. The normalized spacial score (nSPS) is 19.5. The fourth-order valence-electron chi connectivity index (χ4n) is 3.62. The minimum atomic E-state index is 0. The van der Waals surface area contributed by atoms with Crippen LogP contribution in [-0.2, 0) is 12.8 Å². The zero-order chi connectivity index (χ0) is 16.9. The first-order valence-electron chi connectivity index (χ1n) is 8.82. The first kappa shape index (κ1) is 19.5. The van der Waals surface area contributed by atoms with Gasteiger partial charge in [-0.15, -0.1) is 12.4 Å². The number of hydrogen-bond donors (Lipinski definition) is 1. The van der Waals surface area contributed by atoms with Gasteiger partial charge in [-0.05, 0) is 55.8 Å². The average molecular weight is 359 g/mol. The highest BCUT2D eigenvalue weighted by Gasteiger charge is 2.32. The van der Waals surface area contributed by atoms with E-state index < -0.39 is 0 Å². The summed E-state index contributed by atoms with van der Waals surface area (Å²) in [6.45, 7) is 3.56. The van der Waals surface area contributed by atoms with Crippen molar-refractivity contribution in [3.05, 3.63) is 71.3 Å². The summed E-state index contributed by atoms with van der Waals surface area (Å²) >= 11 is 0. The van der Waals surface area contributed by atoms with Crippen LogP contribution in [0.5, 0.6) is 0 Å². The minimum absolute atomic E-state index is 0. The molecule has 0 bridgehead atoms. The molecule has 0 aliphatic carbocycles. The van der Waals surface area contributed by atoms with Crippen LogP contribution >= 0.6 is 12.4 Å². The molecule has 0 saturated carbocycles.